The molecule has 1 aromatic rings. The molecule has 0 atom stereocenters. The van der Waals surface area contributed by atoms with Gasteiger partial charge in [-0.2, -0.15) is 16.1 Å². The summed E-state index contributed by atoms with van der Waals surface area (Å²) in [6.07, 6.45) is 0. The Bertz CT molecular complexity index is 478. The molecule has 4 nitrogen and oxygen atoms in total. The molecule has 2 rings (SSSR count). The van der Waals surface area contributed by atoms with Gasteiger partial charge in [0.15, 0.2) is 0 Å². The zero-order valence-corrected chi connectivity index (χ0v) is 12.8. The average Bonchev–Trinajstić information content (AvgIpc) is 2.86. The minimum atomic E-state index is -3.29. The number of thiophene rings is 1. The quantitative estimate of drug-likeness (QED) is 0.897. The summed E-state index contributed by atoms with van der Waals surface area (Å²) in [5.41, 5.74) is 0. The number of hydrogen-bond donors (Lipinski definition) is 1. The Balaban J connectivity index is 2.20. The van der Waals surface area contributed by atoms with Crippen LogP contribution in [0.5, 0.6) is 0 Å². The Hall–Kier alpha value is -0.0800. The highest BCUT2D eigenvalue weighted by Gasteiger charge is 2.28. The van der Waals surface area contributed by atoms with Gasteiger partial charge in [0.25, 0.3) is 0 Å². The smallest absolute Gasteiger partial charge is 0.244 e. The molecule has 0 bridgehead atoms. The van der Waals surface area contributed by atoms with Crippen LogP contribution in [0.25, 0.3) is 0 Å². The van der Waals surface area contributed by atoms with Gasteiger partial charge in [0.05, 0.1) is 4.90 Å². The standard InChI is InChI=1S/C11H18N2O2S3/c1-2-12-9-10-11(3-6-17-10)18(14,15)13-4-7-16-8-5-13/h3,6,12H,2,4-5,7-9H2,1H3. The molecular formula is C11H18N2O2S3. The first kappa shape index (κ1) is 14.3. The molecule has 0 amide bonds. The van der Waals surface area contributed by atoms with Crippen LogP contribution < -0.4 is 5.32 Å². The summed E-state index contributed by atoms with van der Waals surface area (Å²) >= 11 is 3.32. The lowest BCUT2D eigenvalue weighted by Gasteiger charge is -2.25. The van der Waals surface area contributed by atoms with E-state index in [-0.39, 0.29) is 0 Å². The molecule has 0 spiro atoms. The van der Waals surface area contributed by atoms with E-state index < -0.39 is 10.0 Å². The molecular weight excluding hydrogens is 288 g/mol. The van der Waals surface area contributed by atoms with Crippen molar-refractivity contribution in [1.29, 1.82) is 0 Å². The van der Waals surface area contributed by atoms with E-state index in [1.165, 1.54) is 11.3 Å². The van der Waals surface area contributed by atoms with Crippen LogP contribution >= 0.6 is 23.1 Å². The molecule has 2 heterocycles. The minimum Gasteiger partial charge on any atom is -0.312 e. The summed E-state index contributed by atoms with van der Waals surface area (Å²) in [7, 11) is -3.29. The molecule has 0 radical (unpaired) electrons. The normalized spacial score (nSPS) is 18.1. The highest BCUT2D eigenvalue weighted by molar-refractivity contribution is 7.99. The van der Waals surface area contributed by atoms with Gasteiger partial charge in [-0.15, -0.1) is 11.3 Å². The fraction of sp³-hybridized carbons (Fsp3) is 0.636. The monoisotopic (exact) mass is 306 g/mol. The molecule has 18 heavy (non-hydrogen) atoms. The molecule has 1 saturated heterocycles. The second-order valence-electron chi connectivity index (χ2n) is 4.00. The van der Waals surface area contributed by atoms with Crippen molar-refractivity contribution >= 4 is 33.1 Å². The van der Waals surface area contributed by atoms with E-state index in [0.29, 0.717) is 24.5 Å². The highest BCUT2D eigenvalue weighted by Crippen LogP contribution is 2.26. The third-order valence-corrected chi connectivity index (χ3v) is 6.80. The van der Waals surface area contributed by atoms with Gasteiger partial charge in [0.1, 0.15) is 0 Å². The average molecular weight is 306 g/mol. The summed E-state index contributed by atoms with van der Waals surface area (Å²) in [5.74, 6) is 1.79. The fourth-order valence-corrected chi connectivity index (χ4v) is 5.81. The van der Waals surface area contributed by atoms with Crippen molar-refractivity contribution in [2.75, 3.05) is 31.1 Å². The summed E-state index contributed by atoms with van der Waals surface area (Å²) in [5, 5.41) is 5.05. The summed E-state index contributed by atoms with van der Waals surface area (Å²) < 4.78 is 26.7. The van der Waals surface area contributed by atoms with Gasteiger partial charge in [-0.25, -0.2) is 8.42 Å². The maximum Gasteiger partial charge on any atom is 0.244 e. The fourth-order valence-electron chi connectivity index (χ4n) is 1.85. The van der Waals surface area contributed by atoms with Crippen LogP contribution in [-0.2, 0) is 16.6 Å². The van der Waals surface area contributed by atoms with E-state index in [9.17, 15) is 8.42 Å². The van der Waals surface area contributed by atoms with Crippen molar-refractivity contribution in [3.63, 3.8) is 0 Å². The predicted octanol–water partition coefficient (Wildman–Crippen LogP) is 1.60. The van der Waals surface area contributed by atoms with Crippen molar-refractivity contribution in [1.82, 2.24) is 9.62 Å². The summed E-state index contributed by atoms with van der Waals surface area (Å²) in [4.78, 5) is 1.40. The highest BCUT2D eigenvalue weighted by atomic mass is 32.2. The lowest BCUT2D eigenvalue weighted by atomic mass is 10.4. The van der Waals surface area contributed by atoms with Gasteiger partial charge >= 0.3 is 0 Å². The van der Waals surface area contributed by atoms with Crippen molar-refractivity contribution in [2.24, 2.45) is 0 Å². The van der Waals surface area contributed by atoms with E-state index in [4.69, 9.17) is 0 Å². The predicted molar refractivity (Wildman–Crippen MR) is 77.8 cm³/mol. The Morgan fingerprint density at radius 1 is 1.39 bits per heavy atom. The molecule has 0 aromatic carbocycles. The largest absolute Gasteiger partial charge is 0.312 e. The molecule has 102 valence electrons. The van der Waals surface area contributed by atoms with Crippen LogP contribution in [0.1, 0.15) is 11.8 Å². The maximum absolute atomic E-state index is 12.5. The Morgan fingerprint density at radius 3 is 2.78 bits per heavy atom. The van der Waals surface area contributed by atoms with Crippen molar-refractivity contribution in [3.8, 4) is 0 Å². The van der Waals surface area contributed by atoms with Gasteiger partial charge in [-0.05, 0) is 18.0 Å². The zero-order chi connectivity index (χ0) is 13.0. The molecule has 0 aliphatic carbocycles. The first-order valence-electron chi connectivity index (χ1n) is 6.01. The number of nitrogens with one attached hydrogen (secondary N) is 1. The second-order valence-corrected chi connectivity index (χ2v) is 8.14. The van der Waals surface area contributed by atoms with E-state index in [1.807, 2.05) is 24.1 Å². The number of nitrogens with zero attached hydrogens (tertiary/aromatic N) is 1. The van der Waals surface area contributed by atoms with Gasteiger partial charge in [-0.1, -0.05) is 6.92 Å². The first-order chi connectivity index (χ1) is 8.66. The Morgan fingerprint density at radius 2 is 2.11 bits per heavy atom. The molecule has 1 aliphatic rings. The number of thioether (sulfide) groups is 1. The molecule has 1 fully saturated rings. The number of sulfonamides is 1. The zero-order valence-electron chi connectivity index (χ0n) is 10.4. The number of hydrogen-bond acceptors (Lipinski definition) is 5. The van der Waals surface area contributed by atoms with Crippen LogP contribution in [0.2, 0.25) is 0 Å². The lowest BCUT2D eigenvalue weighted by Crippen LogP contribution is -2.38. The Labute approximate surface area is 117 Å². The van der Waals surface area contributed by atoms with Gasteiger partial charge in [-0.3, -0.25) is 0 Å². The molecule has 1 aromatic heterocycles. The molecule has 0 unspecified atom stereocenters. The van der Waals surface area contributed by atoms with Gasteiger partial charge in [0.2, 0.25) is 10.0 Å². The first-order valence-corrected chi connectivity index (χ1v) is 9.48. The minimum absolute atomic E-state index is 0.486. The van der Waals surface area contributed by atoms with E-state index in [2.05, 4.69) is 5.32 Å². The molecule has 0 saturated carbocycles. The summed E-state index contributed by atoms with van der Waals surface area (Å²) in [6, 6.07) is 1.73. The number of rotatable bonds is 5. The van der Waals surface area contributed by atoms with Crippen molar-refractivity contribution in [3.05, 3.63) is 16.3 Å². The van der Waals surface area contributed by atoms with Crippen LogP contribution in [-0.4, -0.2) is 43.9 Å². The Kier molecular flexibility index (Phi) is 5.08. The molecule has 1 aliphatic heterocycles. The van der Waals surface area contributed by atoms with E-state index in [1.54, 1.807) is 10.4 Å². The van der Waals surface area contributed by atoms with Crippen molar-refractivity contribution in [2.45, 2.75) is 18.4 Å². The SMILES string of the molecule is CCNCc1sccc1S(=O)(=O)N1CCSCC1. The second kappa shape index (κ2) is 6.38. The van der Waals surface area contributed by atoms with Crippen LogP contribution in [0.3, 0.4) is 0 Å². The van der Waals surface area contributed by atoms with Crippen LogP contribution in [0.4, 0.5) is 0 Å². The van der Waals surface area contributed by atoms with Crippen molar-refractivity contribution < 1.29 is 8.42 Å². The van der Waals surface area contributed by atoms with Crippen LogP contribution in [0, 0.1) is 0 Å². The lowest BCUT2D eigenvalue weighted by molar-refractivity contribution is 0.443. The van der Waals surface area contributed by atoms with Crippen LogP contribution in [0.15, 0.2) is 16.3 Å². The van der Waals surface area contributed by atoms with E-state index >= 15 is 0 Å². The van der Waals surface area contributed by atoms with E-state index in [0.717, 1.165) is 22.9 Å². The topological polar surface area (TPSA) is 49.4 Å². The summed E-state index contributed by atoms with van der Waals surface area (Å²) in [6.45, 7) is 4.75. The molecule has 7 heteroatoms. The van der Waals surface area contributed by atoms with Gasteiger partial charge in [0, 0.05) is 36.0 Å². The molecule has 1 N–H and O–H groups in total. The third-order valence-electron chi connectivity index (χ3n) is 2.83. The maximum atomic E-state index is 12.5. The third kappa shape index (κ3) is 3.08. The van der Waals surface area contributed by atoms with Gasteiger partial charge < -0.3 is 5.32 Å².